The molecule has 6 rings (SSSR count). The first-order valence-electron chi connectivity index (χ1n) is 24.3. The first kappa shape index (κ1) is 56.2. The molecule has 0 atom stereocenters. The van der Waals surface area contributed by atoms with Gasteiger partial charge in [-0.05, 0) is 34.6 Å². The molecule has 0 unspecified atom stereocenters. The molecule has 0 saturated heterocycles. The van der Waals surface area contributed by atoms with Crippen molar-refractivity contribution in [2.45, 2.75) is 67.3 Å². The zero-order valence-electron chi connectivity index (χ0n) is 42.2. The Morgan fingerprint density at radius 1 is 0.280 bits per heavy atom. The Bertz CT molecular complexity index is 2750. The molecule has 25 heteroatoms. The highest BCUT2D eigenvalue weighted by atomic mass is 16.5. The summed E-state index contributed by atoms with van der Waals surface area (Å²) in [6, 6.07) is 0. The molecule has 400 valence electrons. The molecule has 5 amide bonds. The molecule has 0 saturated carbocycles. The molecular weight excluding hydrogens is 981 g/mol. The van der Waals surface area contributed by atoms with Crippen LogP contribution in [0, 0.1) is 0 Å². The van der Waals surface area contributed by atoms with Crippen LogP contribution in [0.4, 0.5) is 28.4 Å². The number of amides is 5. The third kappa shape index (κ3) is 14.4. The van der Waals surface area contributed by atoms with Gasteiger partial charge in [-0.1, -0.05) is 0 Å². The SMILES string of the molecule is CCOCCn1cc2c(=O)c(c1)C(=O)Nc1cn(CCOCC)cc(c1=O)C(=O)Nc1cn(CCOCC)cc(c1=O)C(=O)Nc1cn(CCOCC)cc(c1=O)C(=O)Nc1cn(CCOCC)cc(c1=O)C(=O)N2. The number of aromatic nitrogens is 5. The molecule has 5 aromatic rings. The van der Waals surface area contributed by atoms with Crippen molar-refractivity contribution >= 4 is 58.0 Å². The highest BCUT2D eigenvalue weighted by Crippen LogP contribution is 2.16. The van der Waals surface area contributed by atoms with Crippen molar-refractivity contribution < 1.29 is 47.7 Å². The molecule has 0 radical (unpaired) electrons. The predicted octanol–water partition coefficient (Wildman–Crippen LogP) is 2.25. The van der Waals surface area contributed by atoms with E-state index in [4.69, 9.17) is 23.7 Å². The summed E-state index contributed by atoms with van der Waals surface area (Å²) >= 11 is 0. The lowest BCUT2D eigenvalue weighted by molar-refractivity contribution is 0.101. The van der Waals surface area contributed by atoms with Gasteiger partial charge in [-0.25, -0.2) is 0 Å². The molecule has 5 aromatic heterocycles. The van der Waals surface area contributed by atoms with Crippen LogP contribution in [-0.2, 0) is 56.4 Å². The standard InChI is InChI=1S/C50H60N10O15/c1-6-71-16-11-56-21-31-41(61)36(26-56)51-47(67)32-22-57(12-17-72-7-2)28-38(42(32)62)53-49(69)34-24-59(14-19-74-9-4)30-40(44(34)64)55-50(70)35-25-60(15-20-75-10-5)29-39(45(35)65)54-48(68)33-23-58(13-18-73-8-3)27-37(43(33)63)52-46(31)66/h21-30H,6-20H2,1-5H3,(H,51,67)(H,52,66)(H,53,69)(H,54,68)(H,55,70). The van der Waals surface area contributed by atoms with Gasteiger partial charge in [0.25, 0.3) is 29.5 Å². The summed E-state index contributed by atoms with van der Waals surface area (Å²) in [5.74, 6) is -5.71. The number of nitrogens with one attached hydrogen (secondary N) is 5. The van der Waals surface area contributed by atoms with Crippen molar-refractivity contribution in [2.24, 2.45) is 0 Å². The molecule has 75 heavy (non-hydrogen) atoms. The Hall–Kier alpha value is -8.10. The molecule has 25 nitrogen and oxygen atoms in total. The van der Waals surface area contributed by atoms with Gasteiger partial charge in [-0.15, -0.1) is 0 Å². The Morgan fingerprint density at radius 2 is 0.440 bits per heavy atom. The lowest BCUT2D eigenvalue weighted by Gasteiger charge is -2.16. The fourth-order valence-electron chi connectivity index (χ4n) is 7.58. The Morgan fingerprint density at radius 3 is 0.587 bits per heavy atom. The molecule has 0 aromatic carbocycles. The first-order chi connectivity index (χ1) is 36.1. The van der Waals surface area contributed by atoms with Gasteiger partial charge in [0.2, 0.25) is 27.1 Å². The number of hydrogen-bond acceptors (Lipinski definition) is 15. The maximum absolute atomic E-state index is 14.3. The number of fused-ring (bicyclic) bond motifs is 10. The van der Waals surface area contributed by atoms with Gasteiger partial charge in [-0.2, -0.15) is 0 Å². The topological polar surface area (TPSA) is 302 Å². The molecule has 10 bridgehead atoms. The van der Waals surface area contributed by atoms with E-state index in [0.717, 1.165) is 0 Å². The second kappa shape index (κ2) is 26.7. The van der Waals surface area contributed by atoms with Crippen LogP contribution in [-0.4, -0.2) is 118 Å². The molecule has 1 aliphatic rings. The van der Waals surface area contributed by atoms with E-state index in [-0.39, 0.29) is 65.8 Å². The number of pyridine rings is 5. The van der Waals surface area contributed by atoms with Gasteiger partial charge >= 0.3 is 0 Å². The zero-order chi connectivity index (χ0) is 54.2. The van der Waals surface area contributed by atoms with Gasteiger partial charge in [0, 0.05) is 128 Å². The number of ether oxygens (including phenoxy) is 5. The number of carbonyl (C=O) groups is 5. The molecule has 6 heterocycles. The van der Waals surface area contributed by atoms with Crippen LogP contribution in [0.25, 0.3) is 0 Å². The van der Waals surface area contributed by atoms with Crippen LogP contribution in [0.15, 0.2) is 85.9 Å². The summed E-state index contributed by atoms with van der Waals surface area (Å²) in [6.07, 6.45) is 11.9. The predicted molar refractivity (Wildman–Crippen MR) is 276 cm³/mol. The Labute approximate surface area is 428 Å². The number of hydrogen-bond donors (Lipinski definition) is 5. The highest BCUT2D eigenvalue weighted by molar-refractivity contribution is 6.11. The van der Waals surface area contributed by atoms with Gasteiger partial charge in [0.05, 0.1) is 33.0 Å². The van der Waals surface area contributed by atoms with E-state index >= 15 is 0 Å². The van der Waals surface area contributed by atoms with Crippen molar-refractivity contribution in [3.05, 3.63) is 141 Å². The van der Waals surface area contributed by atoms with Crippen LogP contribution in [0.1, 0.15) is 86.4 Å². The van der Waals surface area contributed by atoms with E-state index in [1.54, 1.807) is 34.6 Å². The maximum Gasteiger partial charge on any atom is 0.261 e. The van der Waals surface area contributed by atoms with Crippen molar-refractivity contribution in [3.8, 4) is 0 Å². The average molecular weight is 1040 g/mol. The Kier molecular flexibility index (Phi) is 20.0. The zero-order valence-corrected chi connectivity index (χ0v) is 42.2. The summed E-state index contributed by atoms with van der Waals surface area (Å²) in [5.41, 5.74) is -10.6. The van der Waals surface area contributed by atoms with Crippen molar-refractivity contribution in [1.82, 2.24) is 22.8 Å². The van der Waals surface area contributed by atoms with E-state index in [9.17, 15) is 47.9 Å². The molecule has 0 fully saturated rings. The minimum absolute atomic E-state index is 0.0487. The van der Waals surface area contributed by atoms with E-state index in [1.807, 2.05) is 0 Å². The summed E-state index contributed by atoms with van der Waals surface area (Å²) in [4.78, 5) is 143. The minimum Gasteiger partial charge on any atom is -0.380 e. The fraction of sp³-hybridized carbons (Fsp3) is 0.400. The molecule has 0 spiro atoms. The normalized spacial score (nSPS) is 13.0. The molecule has 1 aliphatic heterocycles. The number of nitrogens with zero attached hydrogens (tertiary/aromatic N) is 5. The average Bonchev–Trinajstić information content (AvgIpc) is 3.38. The third-order valence-corrected chi connectivity index (χ3v) is 11.3. The number of anilines is 5. The van der Waals surface area contributed by atoms with Gasteiger partial charge < -0.3 is 73.1 Å². The van der Waals surface area contributed by atoms with Crippen molar-refractivity contribution in [3.63, 3.8) is 0 Å². The third-order valence-electron chi connectivity index (χ3n) is 11.3. The van der Waals surface area contributed by atoms with Crippen LogP contribution in [0.2, 0.25) is 0 Å². The van der Waals surface area contributed by atoms with Crippen molar-refractivity contribution in [2.75, 3.05) is 92.7 Å². The molecule has 0 aliphatic carbocycles. The van der Waals surface area contributed by atoms with Crippen LogP contribution in [0.5, 0.6) is 0 Å². The molecule has 5 N–H and O–H groups in total. The summed E-state index contributed by atoms with van der Waals surface area (Å²) in [5, 5.41) is 12.1. The minimum atomic E-state index is -1.14. The van der Waals surface area contributed by atoms with Crippen molar-refractivity contribution in [1.29, 1.82) is 0 Å². The largest absolute Gasteiger partial charge is 0.380 e. The fourth-order valence-corrected chi connectivity index (χ4v) is 7.58. The quantitative estimate of drug-likeness (QED) is 0.0699. The summed E-state index contributed by atoms with van der Waals surface area (Å²) in [7, 11) is 0. The first-order valence-corrected chi connectivity index (χ1v) is 24.3. The van der Waals surface area contributed by atoms with Crippen LogP contribution >= 0.6 is 0 Å². The lowest BCUT2D eigenvalue weighted by Crippen LogP contribution is -2.33. The maximum atomic E-state index is 14.3. The smallest absolute Gasteiger partial charge is 0.261 e. The second-order valence-corrected chi connectivity index (χ2v) is 16.5. The summed E-state index contributed by atoms with van der Waals surface area (Å²) < 4.78 is 34.4. The number of rotatable bonds is 20. The highest BCUT2D eigenvalue weighted by Gasteiger charge is 2.26. The monoisotopic (exact) mass is 1040 g/mol. The van der Waals surface area contributed by atoms with Crippen LogP contribution < -0.4 is 53.7 Å². The Balaban J connectivity index is 1.60. The summed E-state index contributed by atoms with van der Waals surface area (Å²) in [6.45, 7) is 11.1. The molecular formula is C50H60N10O15. The van der Waals surface area contributed by atoms with E-state index in [0.29, 0.717) is 33.0 Å². The van der Waals surface area contributed by atoms with Crippen LogP contribution in [0.3, 0.4) is 0 Å². The van der Waals surface area contributed by atoms with Gasteiger partial charge in [-0.3, -0.25) is 47.9 Å². The van der Waals surface area contributed by atoms with E-state index in [1.165, 1.54) is 84.8 Å². The lowest BCUT2D eigenvalue weighted by atomic mass is 10.1. The van der Waals surface area contributed by atoms with E-state index < -0.39 is 113 Å². The van der Waals surface area contributed by atoms with E-state index in [2.05, 4.69) is 26.6 Å². The van der Waals surface area contributed by atoms with Gasteiger partial charge in [0.15, 0.2) is 0 Å². The van der Waals surface area contributed by atoms with Gasteiger partial charge in [0.1, 0.15) is 56.3 Å². The second-order valence-electron chi connectivity index (χ2n) is 16.5. The number of carbonyl (C=O) groups excluding carboxylic acids is 5.